The van der Waals surface area contributed by atoms with Crippen molar-refractivity contribution in [1.29, 1.82) is 5.26 Å². The molecule has 1 unspecified atom stereocenters. The van der Waals surface area contributed by atoms with Gasteiger partial charge in [0.25, 0.3) is 5.91 Å². The Hall–Kier alpha value is -2.18. The van der Waals surface area contributed by atoms with Gasteiger partial charge in [-0.2, -0.15) is 5.26 Å². The minimum Gasteiger partial charge on any atom is -0.343 e. The summed E-state index contributed by atoms with van der Waals surface area (Å²) in [5.41, 5.74) is 1.06. The molecule has 3 rings (SSSR count). The lowest BCUT2D eigenvalue weighted by molar-refractivity contribution is -0.130. The van der Waals surface area contributed by atoms with E-state index >= 15 is 0 Å². The minimum atomic E-state index is -1.20. The highest BCUT2D eigenvalue weighted by Crippen LogP contribution is 2.28. The number of rotatable bonds is 4. The highest BCUT2D eigenvalue weighted by Gasteiger charge is 2.35. The quantitative estimate of drug-likeness (QED) is 0.795. The number of halogens is 2. The maximum absolute atomic E-state index is 13.4. The third-order valence-electron chi connectivity index (χ3n) is 4.17. The van der Waals surface area contributed by atoms with Crippen LogP contribution < -0.4 is 5.32 Å². The number of alkyl halides is 1. The second kappa shape index (κ2) is 8.01. The van der Waals surface area contributed by atoms with Gasteiger partial charge in [0.2, 0.25) is 5.91 Å². The SMILES string of the molecule is N#C[C@@H]1CC(F)CN1C(=O)CNC(=O)c1ccnc2ccc(SBr)cc12. The van der Waals surface area contributed by atoms with Gasteiger partial charge in [-0.3, -0.25) is 14.6 Å². The van der Waals surface area contributed by atoms with E-state index in [2.05, 4.69) is 25.1 Å². The summed E-state index contributed by atoms with van der Waals surface area (Å²) in [6.45, 7) is -0.405. The molecule has 0 saturated carbocycles. The fraction of sp³-hybridized carbons (Fsp3) is 0.294. The summed E-state index contributed by atoms with van der Waals surface area (Å²) in [5.74, 6) is -0.896. The van der Waals surface area contributed by atoms with Gasteiger partial charge in [0.1, 0.15) is 12.2 Å². The van der Waals surface area contributed by atoms with Crippen LogP contribution in [0.2, 0.25) is 0 Å². The van der Waals surface area contributed by atoms with Crippen molar-refractivity contribution >= 4 is 47.7 Å². The van der Waals surface area contributed by atoms with Gasteiger partial charge in [-0.15, -0.1) is 0 Å². The summed E-state index contributed by atoms with van der Waals surface area (Å²) in [6, 6.07) is 8.23. The average Bonchev–Trinajstić information content (AvgIpc) is 3.05. The molecule has 0 bridgehead atoms. The first-order valence-electron chi connectivity index (χ1n) is 7.82. The zero-order valence-corrected chi connectivity index (χ0v) is 15.9. The first-order chi connectivity index (χ1) is 12.5. The van der Waals surface area contributed by atoms with E-state index in [1.807, 2.05) is 24.3 Å². The summed E-state index contributed by atoms with van der Waals surface area (Å²) in [6.07, 6.45) is 0.335. The molecule has 2 atom stereocenters. The molecule has 0 radical (unpaired) electrons. The van der Waals surface area contributed by atoms with Crippen molar-refractivity contribution in [3.05, 3.63) is 36.0 Å². The van der Waals surface area contributed by atoms with Gasteiger partial charge in [0.15, 0.2) is 0 Å². The van der Waals surface area contributed by atoms with Gasteiger partial charge < -0.3 is 10.2 Å². The molecule has 1 aromatic heterocycles. The van der Waals surface area contributed by atoms with Crippen LogP contribution in [0.3, 0.4) is 0 Å². The van der Waals surface area contributed by atoms with Crippen molar-refractivity contribution in [1.82, 2.24) is 15.2 Å². The third-order valence-corrected chi connectivity index (χ3v) is 5.72. The van der Waals surface area contributed by atoms with Gasteiger partial charge in [-0.05, 0) is 49.3 Å². The lowest BCUT2D eigenvalue weighted by Crippen LogP contribution is -2.42. The zero-order valence-electron chi connectivity index (χ0n) is 13.5. The number of amides is 2. The highest BCUT2D eigenvalue weighted by molar-refractivity contribution is 9.50. The standard InChI is InChI=1S/C17H14BrFN4O2S/c18-26-12-1-2-15-14(6-12)13(3-4-21-15)17(25)22-8-16(24)23-9-10(19)5-11(23)7-20/h1-4,6,10-11H,5,8-9H2,(H,22,25)/t10?,11-/m0/s1. The van der Waals surface area contributed by atoms with Gasteiger partial charge in [-0.1, -0.05) is 0 Å². The second-order valence-corrected chi connectivity index (χ2v) is 7.42. The predicted molar refractivity (Wildman–Crippen MR) is 99.5 cm³/mol. The van der Waals surface area contributed by atoms with E-state index in [0.29, 0.717) is 16.5 Å². The van der Waals surface area contributed by atoms with Crippen LogP contribution in [0.15, 0.2) is 35.4 Å². The zero-order chi connectivity index (χ0) is 18.7. The molecule has 6 nitrogen and oxygen atoms in total. The van der Waals surface area contributed by atoms with E-state index < -0.39 is 24.0 Å². The molecule has 134 valence electrons. The molecule has 1 aliphatic heterocycles. The molecule has 1 fully saturated rings. The second-order valence-electron chi connectivity index (χ2n) is 5.82. The number of carbonyl (C=O) groups is 2. The molecule has 0 aliphatic carbocycles. The van der Waals surface area contributed by atoms with Gasteiger partial charge >= 0.3 is 0 Å². The Morgan fingerprint density at radius 2 is 2.27 bits per heavy atom. The first kappa shape index (κ1) is 18.6. The van der Waals surface area contributed by atoms with Crippen LogP contribution in [-0.4, -0.2) is 47.0 Å². The number of carbonyl (C=O) groups excluding carboxylic acids is 2. The number of nitriles is 1. The Morgan fingerprint density at radius 3 is 3.00 bits per heavy atom. The van der Waals surface area contributed by atoms with E-state index in [-0.39, 0.29) is 19.5 Å². The number of pyridine rings is 1. The lowest BCUT2D eigenvalue weighted by atomic mass is 10.1. The van der Waals surface area contributed by atoms with E-state index in [1.54, 1.807) is 6.07 Å². The van der Waals surface area contributed by atoms with Crippen LogP contribution in [0.25, 0.3) is 10.9 Å². The molecule has 0 spiro atoms. The molecule has 9 heteroatoms. The Balaban J connectivity index is 1.74. The van der Waals surface area contributed by atoms with Gasteiger partial charge in [-0.25, -0.2) is 4.39 Å². The van der Waals surface area contributed by atoms with E-state index in [4.69, 9.17) is 5.26 Å². The molecule has 1 aliphatic rings. The largest absolute Gasteiger partial charge is 0.343 e. The number of likely N-dealkylation sites (tertiary alicyclic amines) is 1. The van der Waals surface area contributed by atoms with Crippen LogP contribution in [0.4, 0.5) is 4.39 Å². The van der Waals surface area contributed by atoms with E-state index in [0.717, 1.165) is 4.90 Å². The molecule has 2 amide bonds. The van der Waals surface area contributed by atoms with Crippen LogP contribution in [0.5, 0.6) is 0 Å². The number of nitrogens with one attached hydrogen (secondary N) is 1. The Bertz CT molecular complexity index is 904. The predicted octanol–water partition coefficient (Wildman–Crippen LogP) is 2.83. The average molecular weight is 437 g/mol. The third kappa shape index (κ3) is 3.81. The topological polar surface area (TPSA) is 86.1 Å². The minimum absolute atomic E-state index is 0.0121. The van der Waals surface area contributed by atoms with Crippen molar-refractivity contribution in [3.63, 3.8) is 0 Å². The summed E-state index contributed by atoms with van der Waals surface area (Å²) < 4.78 is 13.4. The highest BCUT2D eigenvalue weighted by atomic mass is 79.9. The Labute approximate surface area is 161 Å². The van der Waals surface area contributed by atoms with E-state index in [9.17, 15) is 14.0 Å². The van der Waals surface area contributed by atoms with Crippen LogP contribution >= 0.6 is 25.0 Å². The van der Waals surface area contributed by atoms with Crippen molar-refractivity contribution in [2.45, 2.75) is 23.5 Å². The molecule has 2 aromatic rings. The smallest absolute Gasteiger partial charge is 0.252 e. The summed E-state index contributed by atoms with van der Waals surface area (Å²) >= 11 is 3.30. The summed E-state index contributed by atoms with van der Waals surface area (Å²) in [5, 5.41) is 12.2. The molecular formula is C17H14BrFN4O2S. The van der Waals surface area contributed by atoms with Crippen LogP contribution in [0.1, 0.15) is 16.8 Å². The molecule has 1 aromatic carbocycles. The maximum Gasteiger partial charge on any atom is 0.252 e. The number of aromatic nitrogens is 1. The molecule has 1 N–H and O–H groups in total. The van der Waals surface area contributed by atoms with Crippen molar-refractivity contribution in [2.75, 3.05) is 13.1 Å². The number of hydrogen-bond acceptors (Lipinski definition) is 5. The molecule has 1 saturated heterocycles. The fourth-order valence-corrected chi connectivity index (χ4v) is 3.79. The van der Waals surface area contributed by atoms with Crippen LogP contribution in [0, 0.1) is 11.3 Å². The molecule has 2 heterocycles. The number of hydrogen-bond donors (Lipinski definition) is 1. The number of nitrogens with zero attached hydrogens (tertiary/aromatic N) is 3. The summed E-state index contributed by atoms with van der Waals surface area (Å²) in [4.78, 5) is 31.1. The van der Waals surface area contributed by atoms with Crippen molar-refractivity contribution in [3.8, 4) is 6.07 Å². The van der Waals surface area contributed by atoms with Crippen molar-refractivity contribution in [2.24, 2.45) is 0 Å². The number of benzene rings is 1. The summed E-state index contributed by atoms with van der Waals surface area (Å²) in [7, 11) is 1.37. The number of fused-ring (bicyclic) bond motifs is 1. The normalized spacial score (nSPS) is 19.3. The van der Waals surface area contributed by atoms with Gasteiger partial charge in [0.05, 0.1) is 30.2 Å². The maximum atomic E-state index is 13.4. The first-order valence-corrected chi connectivity index (χ1v) is 10.5. The van der Waals surface area contributed by atoms with Gasteiger partial charge in [0, 0.05) is 22.9 Å². The van der Waals surface area contributed by atoms with Crippen molar-refractivity contribution < 1.29 is 14.0 Å². The molecule has 26 heavy (non-hydrogen) atoms. The lowest BCUT2D eigenvalue weighted by Gasteiger charge is -2.19. The monoisotopic (exact) mass is 436 g/mol. The van der Waals surface area contributed by atoms with E-state index in [1.165, 1.54) is 21.3 Å². The Kier molecular flexibility index (Phi) is 5.74. The molecular weight excluding hydrogens is 423 g/mol. The Morgan fingerprint density at radius 1 is 1.46 bits per heavy atom. The fourth-order valence-electron chi connectivity index (χ4n) is 2.91. The van der Waals surface area contributed by atoms with Crippen LogP contribution in [-0.2, 0) is 4.79 Å².